The molecule has 14 nitrogen and oxygen atoms in total. The Morgan fingerprint density at radius 1 is 0.438 bits per heavy atom. The molecule has 0 heterocycles. The van der Waals surface area contributed by atoms with Gasteiger partial charge in [0.1, 0.15) is 5.78 Å². The third-order valence-corrected chi connectivity index (χ3v) is 11.6. The predicted octanol–water partition coefficient (Wildman–Crippen LogP) is 8.28. The molecule has 73 heavy (non-hydrogen) atoms. The van der Waals surface area contributed by atoms with Crippen LogP contribution in [0.4, 0.5) is 0 Å². The van der Waals surface area contributed by atoms with E-state index in [0.29, 0.717) is 116 Å². The molecule has 0 aliphatic heterocycles. The SMILES string of the molecule is C=C(C)C(=O)CCCCNC(=O)c1ccc(C(=O)c2ccccc2)cc1.C=C(C)C(=O)NCCCN.CC(C)(CC(C)(C)C(=O)NCCCN)C(=O)CCCCNC(=O)c1ccc(C(=O)c2ccccc2)cc1. The summed E-state index contributed by atoms with van der Waals surface area (Å²) < 4.78 is 0. The number of Topliss-reactive ketones (excluding diaryl/α,β-unsaturated/α-hetero) is 2. The van der Waals surface area contributed by atoms with Crippen LogP contribution in [0.15, 0.2) is 133 Å². The predicted molar refractivity (Wildman–Crippen MR) is 290 cm³/mol. The number of nitrogens with one attached hydrogen (secondary N) is 4. The van der Waals surface area contributed by atoms with Gasteiger partial charge in [-0.15, -0.1) is 0 Å². The molecular weight excluding hydrogens is 921 g/mol. The fourth-order valence-corrected chi connectivity index (χ4v) is 7.32. The van der Waals surface area contributed by atoms with Crippen LogP contribution in [0.5, 0.6) is 0 Å². The molecule has 0 aliphatic rings. The minimum Gasteiger partial charge on any atom is -0.356 e. The van der Waals surface area contributed by atoms with Gasteiger partial charge in [0.05, 0.1) is 0 Å². The van der Waals surface area contributed by atoms with Gasteiger partial charge in [0, 0.05) is 88.8 Å². The lowest BCUT2D eigenvalue weighted by Gasteiger charge is -2.33. The van der Waals surface area contributed by atoms with Gasteiger partial charge in [-0.25, -0.2) is 0 Å². The van der Waals surface area contributed by atoms with E-state index in [-0.39, 0.29) is 46.8 Å². The Balaban J connectivity index is 0.000000437. The van der Waals surface area contributed by atoms with Crippen molar-refractivity contribution in [3.05, 3.63) is 167 Å². The van der Waals surface area contributed by atoms with Crippen molar-refractivity contribution in [2.45, 2.75) is 99.3 Å². The number of nitrogens with two attached hydrogens (primary N) is 2. The molecule has 4 rings (SSSR count). The average molecular weight is 999 g/mol. The molecule has 0 bridgehead atoms. The number of hydrogen-bond donors (Lipinski definition) is 6. The second kappa shape index (κ2) is 32.7. The van der Waals surface area contributed by atoms with Crippen molar-refractivity contribution < 1.29 is 38.4 Å². The van der Waals surface area contributed by atoms with Crippen LogP contribution in [-0.4, -0.2) is 86.0 Å². The van der Waals surface area contributed by atoms with Crippen LogP contribution in [-0.2, 0) is 19.2 Å². The molecule has 0 saturated heterocycles. The van der Waals surface area contributed by atoms with Crippen molar-refractivity contribution >= 4 is 46.8 Å². The Labute approximate surface area is 432 Å². The smallest absolute Gasteiger partial charge is 0.251 e. The maximum absolute atomic E-state index is 12.9. The fraction of sp³-hybridized carbons (Fsp3) is 0.390. The molecule has 0 aliphatic carbocycles. The van der Waals surface area contributed by atoms with E-state index in [9.17, 15) is 38.4 Å². The van der Waals surface area contributed by atoms with Crippen LogP contribution >= 0.6 is 0 Å². The third kappa shape index (κ3) is 23.3. The van der Waals surface area contributed by atoms with Gasteiger partial charge in [0.2, 0.25) is 11.8 Å². The van der Waals surface area contributed by atoms with Crippen LogP contribution in [0.1, 0.15) is 152 Å². The van der Waals surface area contributed by atoms with Gasteiger partial charge in [-0.2, -0.15) is 0 Å². The molecule has 0 fully saturated rings. The summed E-state index contributed by atoms with van der Waals surface area (Å²) in [7, 11) is 0. The second-order valence-electron chi connectivity index (χ2n) is 19.1. The summed E-state index contributed by atoms with van der Waals surface area (Å²) in [5, 5.41) is 11.3. The Morgan fingerprint density at radius 2 is 0.808 bits per heavy atom. The van der Waals surface area contributed by atoms with E-state index in [2.05, 4.69) is 34.4 Å². The number of hydrogen-bond acceptors (Lipinski definition) is 10. The third-order valence-electron chi connectivity index (χ3n) is 11.6. The highest BCUT2D eigenvalue weighted by molar-refractivity contribution is 6.10. The van der Waals surface area contributed by atoms with Gasteiger partial charge in [-0.05, 0) is 102 Å². The molecule has 4 aromatic rings. The quantitative estimate of drug-likeness (QED) is 0.0181. The molecule has 0 aromatic heterocycles. The minimum atomic E-state index is -0.664. The maximum Gasteiger partial charge on any atom is 0.251 e. The molecule has 0 saturated carbocycles. The van der Waals surface area contributed by atoms with Crippen LogP contribution in [0.25, 0.3) is 0 Å². The summed E-state index contributed by atoms with van der Waals surface area (Å²) in [5.41, 5.74) is 13.8. The van der Waals surface area contributed by atoms with Gasteiger partial charge in [0.25, 0.3) is 11.8 Å². The number of carbonyl (C=O) groups excluding carboxylic acids is 8. The molecule has 0 unspecified atom stereocenters. The fourth-order valence-electron chi connectivity index (χ4n) is 7.32. The first-order chi connectivity index (χ1) is 34.6. The zero-order valence-corrected chi connectivity index (χ0v) is 43.8. The normalized spacial score (nSPS) is 10.7. The van der Waals surface area contributed by atoms with Gasteiger partial charge in [0.15, 0.2) is 17.3 Å². The first-order valence-corrected chi connectivity index (χ1v) is 24.9. The number of amides is 4. The largest absolute Gasteiger partial charge is 0.356 e. The molecule has 4 aromatic carbocycles. The summed E-state index contributed by atoms with van der Waals surface area (Å²) >= 11 is 0. The van der Waals surface area contributed by atoms with Crippen LogP contribution < -0.4 is 32.7 Å². The number of ketones is 4. The summed E-state index contributed by atoms with van der Waals surface area (Å²) in [4.78, 5) is 97.0. The molecular formula is C59H78N6O8. The first-order valence-electron chi connectivity index (χ1n) is 24.9. The topological polar surface area (TPSA) is 237 Å². The Bertz CT molecular complexity index is 2450. The van der Waals surface area contributed by atoms with Gasteiger partial charge < -0.3 is 32.7 Å². The van der Waals surface area contributed by atoms with Crippen molar-refractivity contribution in [1.29, 1.82) is 0 Å². The van der Waals surface area contributed by atoms with E-state index < -0.39 is 10.8 Å². The maximum atomic E-state index is 12.9. The molecule has 8 N–H and O–H groups in total. The number of carbonyl (C=O) groups is 8. The average Bonchev–Trinajstić information content (AvgIpc) is 3.38. The van der Waals surface area contributed by atoms with Crippen molar-refractivity contribution in [2.24, 2.45) is 22.3 Å². The lowest BCUT2D eigenvalue weighted by atomic mass is 9.71. The zero-order valence-electron chi connectivity index (χ0n) is 43.8. The van der Waals surface area contributed by atoms with Crippen molar-refractivity contribution in [1.82, 2.24) is 21.3 Å². The molecule has 4 amide bonds. The number of unbranched alkanes of at least 4 members (excludes halogenated alkanes) is 2. The Kier molecular flexibility index (Phi) is 27.8. The Morgan fingerprint density at radius 3 is 1.21 bits per heavy atom. The molecule has 0 atom stereocenters. The van der Waals surface area contributed by atoms with E-state index >= 15 is 0 Å². The Hall–Kier alpha value is -7.16. The molecule has 392 valence electrons. The number of rotatable bonds is 28. The minimum absolute atomic E-state index is 0.0648. The summed E-state index contributed by atoms with van der Waals surface area (Å²) in [5.74, 6) is -0.538. The summed E-state index contributed by atoms with van der Waals surface area (Å²) in [6, 6.07) is 31.3. The first kappa shape index (κ1) is 62.0. The lowest BCUT2D eigenvalue weighted by molar-refractivity contribution is -0.135. The van der Waals surface area contributed by atoms with Crippen LogP contribution in [0.3, 0.4) is 0 Å². The zero-order chi connectivity index (χ0) is 54.4. The highest BCUT2D eigenvalue weighted by atomic mass is 16.2. The van der Waals surface area contributed by atoms with E-state index in [4.69, 9.17) is 11.5 Å². The molecule has 0 radical (unpaired) electrons. The monoisotopic (exact) mass is 999 g/mol. The standard InChI is InChI=1S/C30H41N3O4.C22H23NO3.C7H14N2O/c1-29(2,21-30(3,4)28(37)33-20-10-18-31)25(34)13-8-9-19-32-27(36)24-16-14-23(15-17-24)26(35)22-11-6-5-7-12-22;1-16(2)20(24)10-6-7-15-23-22(26)19-13-11-18(12-14-19)21(25)17-8-4-3-5-9-17;1-6(2)7(10)9-5-3-4-8/h5-7,11-12,14-17H,8-10,13,18-21,31H2,1-4H3,(H,32,36)(H,33,37);3-5,8-9,11-14H,1,6-7,10,15H2,2H3,(H,23,26);1,3-5,8H2,2H3,(H,9,10). The van der Waals surface area contributed by atoms with E-state index in [1.54, 1.807) is 86.6 Å². The second-order valence-corrected chi connectivity index (χ2v) is 19.1. The summed E-state index contributed by atoms with van der Waals surface area (Å²) in [6.07, 6.45) is 5.61. The van der Waals surface area contributed by atoms with Crippen molar-refractivity contribution in [2.75, 3.05) is 39.3 Å². The highest BCUT2D eigenvalue weighted by Gasteiger charge is 2.38. The van der Waals surface area contributed by atoms with Crippen LogP contribution in [0.2, 0.25) is 0 Å². The van der Waals surface area contributed by atoms with E-state index in [0.717, 1.165) is 25.7 Å². The van der Waals surface area contributed by atoms with Gasteiger partial charge in [-0.1, -0.05) is 126 Å². The van der Waals surface area contributed by atoms with Gasteiger partial charge >= 0.3 is 0 Å². The lowest BCUT2D eigenvalue weighted by Crippen LogP contribution is -2.42. The number of benzene rings is 4. The molecule has 14 heteroatoms. The van der Waals surface area contributed by atoms with E-state index in [1.165, 1.54) is 0 Å². The highest BCUT2D eigenvalue weighted by Crippen LogP contribution is 2.36. The van der Waals surface area contributed by atoms with E-state index in [1.807, 2.05) is 64.1 Å². The number of allylic oxidation sites excluding steroid dienone is 1. The van der Waals surface area contributed by atoms with Gasteiger partial charge in [-0.3, -0.25) is 38.4 Å². The van der Waals surface area contributed by atoms with Crippen molar-refractivity contribution in [3.63, 3.8) is 0 Å². The summed E-state index contributed by atoms with van der Waals surface area (Å²) in [6.45, 7) is 21.3. The van der Waals surface area contributed by atoms with Crippen molar-refractivity contribution in [3.8, 4) is 0 Å². The molecule has 0 spiro atoms. The van der Waals surface area contributed by atoms with Crippen LogP contribution in [0, 0.1) is 10.8 Å².